The molecule has 2 rings (SSSR count). The Morgan fingerprint density at radius 1 is 1.32 bits per heavy atom. The fourth-order valence-corrected chi connectivity index (χ4v) is 2.32. The number of amides is 1. The molecule has 0 aromatic heterocycles. The number of benzene rings is 1. The van der Waals surface area contributed by atoms with Crippen LogP contribution in [0.15, 0.2) is 35.9 Å². The van der Waals surface area contributed by atoms with E-state index in [0.717, 1.165) is 0 Å². The third kappa shape index (κ3) is 4.63. The largest absolute Gasteiger partial charge is 0.465 e. The summed E-state index contributed by atoms with van der Waals surface area (Å²) in [6, 6.07) is 4.50. The van der Waals surface area contributed by atoms with E-state index in [1.165, 1.54) is 37.1 Å². The van der Waals surface area contributed by atoms with Gasteiger partial charge >= 0.3 is 11.9 Å². The minimum Gasteiger partial charge on any atom is -0.465 e. The van der Waals surface area contributed by atoms with E-state index in [4.69, 9.17) is 4.74 Å². The minimum absolute atomic E-state index is 0.0654. The molecule has 0 bridgehead atoms. The van der Waals surface area contributed by atoms with E-state index in [1.54, 1.807) is 18.2 Å². The van der Waals surface area contributed by atoms with Crippen LogP contribution in [0.25, 0.3) is 6.08 Å². The highest BCUT2D eigenvalue weighted by Crippen LogP contribution is 2.23. The monoisotopic (exact) mass is 343 g/mol. The quantitative estimate of drug-likeness (QED) is 0.335. The van der Waals surface area contributed by atoms with Gasteiger partial charge in [0, 0.05) is 31.7 Å². The van der Waals surface area contributed by atoms with Gasteiger partial charge in [0.15, 0.2) is 0 Å². The lowest BCUT2D eigenvalue weighted by Gasteiger charge is -2.15. The van der Waals surface area contributed by atoms with Crippen molar-refractivity contribution in [3.63, 3.8) is 0 Å². The fraction of sp³-hybridized carbons (Fsp3) is 0.222. The SMILES string of the molecule is COC(=O)c1cc(/C=C(\C=O)CN2CC=CC2=O)ccc1OC(C)=O. The summed E-state index contributed by atoms with van der Waals surface area (Å²) in [5, 5.41) is 0. The summed E-state index contributed by atoms with van der Waals surface area (Å²) in [7, 11) is 1.21. The highest BCUT2D eigenvalue weighted by molar-refractivity contribution is 5.95. The molecular weight excluding hydrogens is 326 g/mol. The lowest BCUT2D eigenvalue weighted by atomic mass is 10.1. The van der Waals surface area contributed by atoms with Gasteiger partial charge in [-0.3, -0.25) is 14.4 Å². The summed E-state index contributed by atoms with van der Waals surface area (Å²) in [5.74, 6) is -1.32. The summed E-state index contributed by atoms with van der Waals surface area (Å²) in [6.45, 7) is 1.83. The Labute approximate surface area is 144 Å². The van der Waals surface area contributed by atoms with Crippen LogP contribution in [0, 0.1) is 0 Å². The van der Waals surface area contributed by atoms with E-state index in [1.807, 2.05) is 0 Å². The van der Waals surface area contributed by atoms with Crippen molar-refractivity contribution in [1.29, 1.82) is 0 Å². The maximum Gasteiger partial charge on any atom is 0.341 e. The molecule has 0 saturated heterocycles. The predicted octanol–water partition coefficient (Wildman–Crippen LogP) is 1.38. The molecule has 0 spiro atoms. The number of carbonyl (C=O) groups excluding carboxylic acids is 4. The van der Waals surface area contributed by atoms with E-state index in [0.29, 0.717) is 24.0 Å². The molecule has 0 aliphatic carbocycles. The summed E-state index contributed by atoms with van der Waals surface area (Å²) >= 11 is 0. The van der Waals surface area contributed by atoms with Crippen LogP contribution in [0.4, 0.5) is 0 Å². The van der Waals surface area contributed by atoms with Crippen molar-refractivity contribution in [2.24, 2.45) is 0 Å². The smallest absolute Gasteiger partial charge is 0.341 e. The molecule has 1 aromatic carbocycles. The van der Waals surface area contributed by atoms with E-state index < -0.39 is 11.9 Å². The number of hydrogen-bond donors (Lipinski definition) is 0. The molecule has 7 nitrogen and oxygen atoms in total. The van der Waals surface area contributed by atoms with Crippen LogP contribution < -0.4 is 4.74 Å². The van der Waals surface area contributed by atoms with Crippen molar-refractivity contribution in [1.82, 2.24) is 4.90 Å². The van der Waals surface area contributed by atoms with E-state index in [9.17, 15) is 19.2 Å². The molecule has 0 atom stereocenters. The third-order valence-corrected chi connectivity index (χ3v) is 3.44. The number of methoxy groups -OCH3 is 1. The van der Waals surface area contributed by atoms with Crippen molar-refractivity contribution >= 4 is 30.2 Å². The van der Waals surface area contributed by atoms with Gasteiger partial charge in [-0.25, -0.2) is 4.79 Å². The second-order valence-electron chi connectivity index (χ2n) is 5.30. The summed E-state index contributed by atoms with van der Waals surface area (Å²) in [4.78, 5) is 47.4. The summed E-state index contributed by atoms with van der Waals surface area (Å²) < 4.78 is 9.67. The molecule has 0 radical (unpaired) electrons. The lowest BCUT2D eigenvalue weighted by molar-refractivity contribution is -0.132. The zero-order valence-corrected chi connectivity index (χ0v) is 13.9. The first kappa shape index (κ1) is 18.1. The topological polar surface area (TPSA) is 90.0 Å². The predicted molar refractivity (Wildman–Crippen MR) is 88.9 cm³/mol. The Hall–Kier alpha value is -3.22. The molecule has 130 valence electrons. The first-order valence-electron chi connectivity index (χ1n) is 7.46. The molecule has 1 amide bonds. The van der Waals surface area contributed by atoms with Gasteiger partial charge in [0.25, 0.3) is 0 Å². The first-order chi connectivity index (χ1) is 11.9. The number of rotatable bonds is 6. The maximum absolute atomic E-state index is 11.9. The van der Waals surface area contributed by atoms with Crippen molar-refractivity contribution in [2.45, 2.75) is 6.92 Å². The molecule has 7 heteroatoms. The van der Waals surface area contributed by atoms with Gasteiger partial charge in [-0.1, -0.05) is 12.1 Å². The highest BCUT2D eigenvalue weighted by atomic mass is 16.5. The van der Waals surface area contributed by atoms with Crippen molar-refractivity contribution in [3.05, 3.63) is 47.1 Å². The van der Waals surface area contributed by atoms with Gasteiger partial charge in [-0.15, -0.1) is 0 Å². The number of esters is 2. The van der Waals surface area contributed by atoms with Crippen LogP contribution in [-0.2, 0) is 19.1 Å². The second kappa shape index (κ2) is 8.05. The third-order valence-electron chi connectivity index (χ3n) is 3.44. The number of aldehydes is 1. The lowest BCUT2D eigenvalue weighted by Crippen LogP contribution is -2.27. The molecule has 0 fully saturated rings. The standard InChI is InChI=1S/C18H17NO6/c1-12(21)25-16-6-5-13(9-15(16)18(23)24-2)8-14(11-20)10-19-7-3-4-17(19)22/h3-6,8-9,11H,7,10H2,1-2H3/b14-8-. The molecular formula is C18H17NO6. The van der Waals surface area contributed by atoms with Crippen molar-refractivity contribution in [3.8, 4) is 5.75 Å². The van der Waals surface area contributed by atoms with Crippen LogP contribution >= 0.6 is 0 Å². The second-order valence-corrected chi connectivity index (χ2v) is 5.30. The molecule has 1 aromatic rings. The van der Waals surface area contributed by atoms with Crippen LogP contribution in [0.5, 0.6) is 5.75 Å². The molecule has 0 saturated carbocycles. The van der Waals surface area contributed by atoms with Crippen LogP contribution in [0.3, 0.4) is 0 Å². The Morgan fingerprint density at radius 2 is 2.08 bits per heavy atom. The fourth-order valence-electron chi connectivity index (χ4n) is 2.32. The zero-order valence-electron chi connectivity index (χ0n) is 13.9. The van der Waals surface area contributed by atoms with Crippen LogP contribution in [0.2, 0.25) is 0 Å². The minimum atomic E-state index is -0.668. The van der Waals surface area contributed by atoms with Crippen LogP contribution in [-0.4, -0.2) is 49.2 Å². The molecule has 0 unspecified atom stereocenters. The number of nitrogens with zero attached hydrogens (tertiary/aromatic N) is 1. The van der Waals surface area contributed by atoms with Gasteiger partial charge < -0.3 is 14.4 Å². The van der Waals surface area contributed by atoms with Gasteiger partial charge in [0.1, 0.15) is 17.6 Å². The molecule has 1 aliphatic rings. The number of hydrogen-bond acceptors (Lipinski definition) is 6. The van der Waals surface area contributed by atoms with Gasteiger partial charge in [-0.05, 0) is 23.8 Å². The summed E-state index contributed by atoms with van der Waals surface area (Å²) in [5.41, 5.74) is 0.974. The average molecular weight is 343 g/mol. The molecule has 0 N–H and O–H groups in total. The van der Waals surface area contributed by atoms with E-state index >= 15 is 0 Å². The average Bonchev–Trinajstić information content (AvgIpc) is 2.99. The Balaban J connectivity index is 2.30. The Bertz CT molecular complexity index is 778. The van der Waals surface area contributed by atoms with Crippen LogP contribution in [0.1, 0.15) is 22.8 Å². The molecule has 1 aliphatic heterocycles. The highest BCUT2D eigenvalue weighted by Gasteiger charge is 2.17. The Morgan fingerprint density at radius 3 is 2.64 bits per heavy atom. The van der Waals surface area contributed by atoms with Crippen molar-refractivity contribution in [2.75, 3.05) is 20.2 Å². The van der Waals surface area contributed by atoms with Gasteiger partial charge in [-0.2, -0.15) is 0 Å². The maximum atomic E-state index is 11.9. The number of ether oxygens (including phenoxy) is 2. The van der Waals surface area contributed by atoms with Gasteiger partial charge in [0.2, 0.25) is 5.91 Å². The molecule has 25 heavy (non-hydrogen) atoms. The summed E-state index contributed by atoms with van der Waals surface area (Å²) in [6.07, 6.45) is 5.38. The number of carbonyl (C=O) groups is 4. The molecule has 1 heterocycles. The zero-order chi connectivity index (χ0) is 18.4. The normalized spacial score (nSPS) is 13.8. The van der Waals surface area contributed by atoms with Gasteiger partial charge in [0.05, 0.1) is 7.11 Å². The van der Waals surface area contributed by atoms with E-state index in [2.05, 4.69) is 4.74 Å². The van der Waals surface area contributed by atoms with E-state index in [-0.39, 0.29) is 23.8 Å². The van der Waals surface area contributed by atoms with Crippen molar-refractivity contribution < 1.29 is 28.7 Å². The Kier molecular flexibility index (Phi) is 5.84. The first-order valence-corrected chi connectivity index (χ1v) is 7.46.